The Morgan fingerprint density at radius 3 is 1.79 bits per heavy atom. The number of para-hydroxylation sites is 2. The SMILES string of the molecule is C=CC=CC(=CC)[Si](C)(c1ccccc1)c1ccc(-n2c3ccccc3c3ccccc32)cc1. The summed E-state index contributed by atoms with van der Waals surface area (Å²) in [4.78, 5) is 0. The molecular formula is C32H29NSi. The zero-order chi connectivity index (χ0) is 23.5. The molecule has 0 bridgehead atoms. The smallest absolute Gasteiger partial charge is 0.144 e. The Morgan fingerprint density at radius 1 is 0.706 bits per heavy atom. The Hall–Kier alpha value is -3.88. The van der Waals surface area contributed by atoms with Crippen molar-refractivity contribution in [3.63, 3.8) is 0 Å². The summed E-state index contributed by atoms with van der Waals surface area (Å²) in [6, 6.07) is 37.5. The molecule has 1 nitrogen and oxygen atoms in total. The van der Waals surface area contributed by atoms with Gasteiger partial charge in [-0.3, -0.25) is 0 Å². The second-order valence-electron chi connectivity index (χ2n) is 8.75. The lowest BCUT2D eigenvalue weighted by Gasteiger charge is -2.30. The molecule has 0 amide bonds. The van der Waals surface area contributed by atoms with Crippen molar-refractivity contribution in [1.29, 1.82) is 0 Å². The van der Waals surface area contributed by atoms with Gasteiger partial charge >= 0.3 is 0 Å². The zero-order valence-electron chi connectivity index (χ0n) is 19.8. The summed E-state index contributed by atoms with van der Waals surface area (Å²) in [5.41, 5.74) is 3.67. The standard InChI is InChI=1S/C32H29NSi/c1-4-6-14-26(5-2)34(3,27-15-8-7-9-16-27)28-23-21-25(22-24-28)33-31-19-12-10-17-29(31)30-18-11-13-20-32(30)33/h4-24H,1H2,2-3H3. The number of aromatic nitrogens is 1. The average molecular weight is 456 g/mol. The largest absolute Gasteiger partial charge is 0.309 e. The van der Waals surface area contributed by atoms with E-state index in [2.05, 4.69) is 146 Å². The van der Waals surface area contributed by atoms with Gasteiger partial charge in [0.25, 0.3) is 0 Å². The van der Waals surface area contributed by atoms with Gasteiger partial charge in [-0.05, 0) is 41.6 Å². The summed E-state index contributed by atoms with van der Waals surface area (Å²) in [6.07, 6.45) is 8.40. The molecule has 5 aromatic rings. The molecule has 0 N–H and O–H groups in total. The summed E-state index contributed by atoms with van der Waals surface area (Å²) in [7, 11) is -2.17. The summed E-state index contributed by atoms with van der Waals surface area (Å²) >= 11 is 0. The maximum atomic E-state index is 3.88. The van der Waals surface area contributed by atoms with E-state index < -0.39 is 8.07 Å². The summed E-state index contributed by atoms with van der Waals surface area (Å²) in [5, 5.41) is 6.75. The highest BCUT2D eigenvalue weighted by Gasteiger charge is 2.34. The van der Waals surface area contributed by atoms with Gasteiger partial charge in [0.15, 0.2) is 0 Å². The van der Waals surface area contributed by atoms with E-state index in [1.165, 1.54) is 43.1 Å². The van der Waals surface area contributed by atoms with Crippen LogP contribution in [0.25, 0.3) is 27.5 Å². The molecule has 5 rings (SSSR count). The first kappa shape index (κ1) is 21.9. The molecule has 4 aromatic carbocycles. The fourth-order valence-electron chi connectivity index (χ4n) is 5.14. The van der Waals surface area contributed by atoms with Gasteiger partial charge in [0.2, 0.25) is 0 Å². The molecule has 2 heteroatoms. The van der Waals surface area contributed by atoms with Crippen molar-refractivity contribution in [3.8, 4) is 5.69 Å². The van der Waals surface area contributed by atoms with Crippen molar-refractivity contribution in [3.05, 3.63) is 139 Å². The fraction of sp³-hybridized carbons (Fsp3) is 0.0625. The summed E-state index contributed by atoms with van der Waals surface area (Å²) < 4.78 is 2.38. The fourth-order valence-corrected chi connectivity index (χ4v) is 8.84. The monoisotopic (exact) mass is 455 g/mol. The maximum Gasteiger partial charge on any atom is 0.144 e. The van der Waals surface area contributed by atoms with E-state index in [-0.39, 0.29) is 0 Å². The van der Waals surface area contributed by atoms with Crippen LogP contribution in [0.4, 0.5) is 0 Å². The predicted octanol–water partition coefficient (Wildman–Crippen LogP) is 7.20. The van der Waals surface area contributed by atoms with Crippen LogP contribution in [0, 0.1) is 0 Å². The van der Waals surface area contributed by atoms with Gasteiger partial charge in [-0.1, -0.05) is 121 Å². The zero-order valence-corrected chi connectivity index (χ0v) is 20.8. The molecule has 1 atom stereocenters. The Labute approximate surface area is 203 Å². The normalized spacial score (nSPS) is 14.0. The lowest BCUT2D eigenvalue weighted by atomic mass is 10.2. The maximum absolute atomic E-state index is 3.88. The van der Waals surface area contributed by atoms with E-state index in [1.807, 2.05) is 6.08 Å². The quantitative estimate of drug-likeness (QED) is 0.188. The molecule has 166 valence electrons. The first-order valence-electron chi connectivity index (χ1n) is 11.8. The molecule has 1 aromatic heterocycles. The van der Waals surface area contributed by atoms with E-state index in [0.29, 0.717) is 0 Å². The van der Waals surface area contributed by atoms with E-state index in [4.69, 9.17) is 0 Å². The van der Waals surface area contributed by atoms with Crippen LogP contribution in [0.1, 0.15) is 6.92 Å². The van der Waals surface area contributed by atoms with Gasteiger partial charge in [-0.15, -0.1) is 0 Å². The molecule has 0 saturated carbocycles. The van der Waals surface area contributed by atoms with Gasteiger partial charge < -0.3 is 4.57 Å². The highest BCUT2D eigenvalue weighted by molar-refractivity contribution is 7.07. The van der Waals surface area contributed by atoms with E-state index in [0.717, 1.165) is 0 Å². The van der Waals surface area contributed by atoms with E-state index in [1.54, 1.807) is 0 Å². The van der Waals surface area contributed by atoms with Gasteiger partial charge in [0, 0.05) is 16.5 Å². The third-order valence-corrected chi connectivity index (χ3v) is 11.5. The Balaban J connectivity index is 1.69. The number of allylic oxidation sites excluding steroid dienone is 5. The minimum Gasteiger partial charge on any atom is -0.309 e. The van der Waals surface area contributed by atoms with Crippen LogP contribution in [0.3, 0.4) is 0 Å². The van der Waals surface area contributed by atoms with Crippen LogP contribution in [0.5, 0.6) is 0 Å². The molecule has 0 aliphatic carbocycles. The van der Waals surface area contributed by atoms with E-state index >= 15 is 0 Å². The number of rotatable bonds is 6. The van der Waals surface area contributed by atoms with Crippen LogP contribution < -0.4 is 10.4 Å². The number of benzene rings is 4. The molecule has 0 aliphatic heterocycles. The second-order valence-corrected chi connectivity index (χ2v) is 12.7. The average Bonchev–Trinajstić information content (AvgIpc) is 3.24. The minimum atomic E-state index is -2.17. The highest BCUT2D eigenvalue weighted by Crippen LogP contribution is 2.31. The van der Waals surface area contributed by atoms with Gasteiger partial charge in [-0.2, -0.15) is 0 Å². The molecular weight excluding hydrogens is 426 g/mol. The van der Waals surface area contributed by atoms with Crippen molar-refractivity contribution < 1.29 is 0 Å². The third-order valence-electron chi connectivity index (χ3n) is 6.93. The third kappa shape index (κ3) is 3.57. The first-order chi connectivity index (χ1) is 16.7. The molecule has 0 spiro atoms. The first-order valence-corrected chi connectivity index (χ1v) is 14.3. The van der Waals surface area contributed by atoms with Crippen molar-refractivity contribution in [2.24, 2.45) is 0 Å². The molecule has 34 heavy (non-hydrogen) atoms. The van der Waals surface area contributed by atoms with Crippen LogP contribution in [0.2, 0.25) is 6.55 Å². The summed E-state index contributed by atoms with van der Waals surface area (Å²) in [5.74, 6) is 0. The lowest BCUT2D eigenvalue weighted by Crippen LogP contribution is -2.57. The Morgan fingerprint density at radius 2 is 1.24 bits per heavy atom. The van der Waals surface area contributed by atoms with Gasteiger partial charge in [-0.25, -0.2) is 0 Å². The van der Waals surface area contributed by atoms with Gasteiger partial charge in [0.1, 0.15) is 8.07 Å². The van der Waals surface area contributed by atoms with Crippen molar-refractivity contribution in [2.45, 2.75) is 13.5 Å². The number of nitrogens with zero attached hydrogens (tertiary/aromatic N) is 1. The van der Waals surface area contributed by atoms with Crippen molar-refractivity contribution in [1.82, 2.24) is 4.57 Å². The molecule has 1 heterocycles. The molecule has 0 fully saturated rings. The molecule has 0 saturated heterocycles. The Bertz CT molecular complexity index is 1470. The lowest BCUT2D eigenvalue weighted by molar-refractivity contribution is 1.18. The number of hydrogen-bond donors (Lipinski definition) is 0. The topological polar surface area (TPSA) is 4.93 Å². The molecule has 0 radical (unpaired) electrons. The molecule has 0 aliphatic rings. The van der Waals surface area contributed by atoms with Crippen LogP contribution in [-0.4, -0.2) is 12.6 Å². The van der Waals surface area contributed by atoms with Crippen molar-refractivity contribution >= 4 is 40.3 Å². The number of fused-ring (bicyclic) bond motifs is 3. The molecule has 1 unspecified atom stereocenters. The number of hydrogen-bond acceptors (Lipinski definition) is 0. The van der Waals surface area contributed by atoms with Crippen LogP contribution in [-0.2, 0) is 0 Å². The summed E-state index contributed by atoms with van der Waals surface area (Å²) in [6.45, 7) is 8.47. The van der Waals surface area contributed by atoms with Crippen molar-refractivity contribution in [2.75, 3.05) is 0 Å². The van der Waals surface area contributed by atoms with Crippen LogP contribution in [0.15, 0.2) is 139 Å². The Kier molecular flexibility index (Phi) is 5.91. The van der Waals surface area contributed by atoms with Gasteiger partial charge in [0.05, 0.1) is 11.0 Å². The predicted molar refractivity (Wildman–Crippen MR) is 151 cm³/mol. The van der Waals surface area contributed by atoms with E-state index in [9.17, 15) is 0 Å². The highest BCUT2D eigenvalue weighted by atomic mass is 28.3. The van der Waals surface area contributed by atoms with Crippen LogP contribution >= 0.6 is 0 Å². The minimum absolute atomic E-state index is 1.19. The second kappa shape index (κ2) is 9.16.